The molecule has 1 aromatic rings. The Balaban J connectivity index is 2.98. The summed E-state index contributed by atoms with van der Waals surface area (Å²) < 4.78 is 0. The number of hydrogen-bond donors (Lipinski definition) is 1. The minimum atomic E-state index is -0.215. The summed E-state index contributed by atoms with van der Waals surface area (Å²) in [5, 5.41) is 8.31. The van der Waals surface area contributed by atoms with E-state index in [0.717, 1.165) is 13.1 Å². The van der Waals surface area contributed by atoms with Crippen LogP contribution in [0.25, 0.3) is 0 Å². The van der Waals surface area contributed by atoms with Gasteiger partial charge in [0.25, 0.3) is 0 Å². The molecule has 1 N–H and O–H groups in total. The Kier molecular flexibility index (Phi) is 4.11. The van der Waals surface area contributed by atoms with Crippen molar-refractivity contribution < 1.29 is 0 Å². The molecule has 0 aliphatic carbocycles. The van der Waals surface area contributed by atoms with Gasteiger partial charge in [-0.2, -0.15) is 0 Å². The van der Waals surface area contributed by atoms with Crippen LogP contribution in [0.5, 0.6) is 0 Å². The van der Waals surface area contributed by atoms with Gasteiger partial charge in [0.1, 0.15) is 5.84 Å². The molecule has 1 rings (SSSR count). The van der Waals surface area contributed by atoms with E-state index in [2.05, 4.69) is 44.7 Å². The van der Waals surface area contributed by atoms with Gasteiger partial charge >= 0.3 is 0 Å². The smallest absolute Gasteiger partial charge is 0.106 e. The molecule has 0 spiro atoms. The van der Waals surface area contributed by atoms with E-state index in [-0.39, 0.29) is 5.41 Å². The van der Waals surface area contributed by atoms with Crippen molar-refractivity contribution in [1.29, 1.82) is 5.41 Å². The van der Waals surface area contributed by atoms with Crippen molar-refractivity contribution in [2.75, 3.05) is 13.1 Å². The van der Waals surface area contributed by atoms with Crippen molar-refractivity contribution >= 4 is 5.84 Å². The average Bonchev–Trinajstić information content (AvgIpc) is 2.31. The molecule has 0 saturated carbocycles. The predicted molar refractivity (Wildman–Crippen MR) is 70.1 cm³/mol. The molecule has 0 saturated heterocycles. The van der Waals surface area contributed by atoms with Crippen LogP contribution in [0.15, 0.2) is 30.3 Å². The SMILES string of the molecule is CCN(CC)C(=N)C(C)(C)c1ccccc1. The van der Waals surface area contributed by atoms with Crippen LogP contribution in [-0.2, 0) is 5.41 Å². The van der Waals surface area contributed by atoms with Crippen LogP contribution >= 0.6 is 0 Å². The fourth-order valence-corrected chi connectivity index (χ4v) is 1.93. The van der Waals surface area contributed by atoms with Gasteiger partial charge in [-0.3, -0.25) is 5.41 Å². The molecule has 16 heavy (non-hydrogen) atoms. The topological polar surface area (TPSA) is 27.1 Å². The monoisotopic (exact) mass is 218 g/mol. The molecule has 0 amide bonds. The first-order valence-corrected chi connectivity index (χ1v) is 5.93. The highest BCUT2D eigenvalue weighted by atomic mass is 15.2. The van der Waals surface area contributed by atoms with Crippen molar-refractivity contribution in [3.05, 3.63) is 35.9 Å². The molecule has 88 valence electrons. The molecule has 1 aromatic carbocycles. The third-order valence-electron chi connectivity index (χ3n) is 3.17. The number of rotatable bonds is 4. The Morgan fingerprint density at radius 1 is 1.12 bits per heavy atom. The maximum Gasteiger partial charge on any atom is 0.106 e. The molecule has 0 fully saturated rings. The minimum Gasteiger partial charge on any atom is -0.360 e. The Morgan fingerprint density at radius 3 is 2.06 bits per heavy atom. The van der Waals surface area contributed by atoms with Gasteiger partial charge in [-0.1, -0.05) is 30.3 Å². The number of nitrogens with zero attached hydrogens (tertiary/aromatic N) is 1. The summed E-state index contributed by atoms with van der Waals surface area (Å²) in [4.78, 5) is 2.10. The molecule has 0 aliphatic heterocycles. The first-order chi connectivity index (χ1) is 7.54. The highest BCUT2D eigenvalue weighted by Gasteiger charge is 2.28. The maximum absolute atomic E-state index is 8.31. The number of benzene rings is 1. The largest absolute Gasteiger partial charge is 0.360 e. The van der Waals surface area contributed by atoms with E-state index < -0.39 is 0 Å². The lowest BCUT2D eigenvalue weighted by molar-refractivity contribution is 0.423. The Hall–Kier alpha value is -1.31. The van der Waals surface area contributed by atoms with Gasteiger partial charge in [-0.05, 0) is 33.3 Å². The van der Waals surface area contributed by atoms with E-state index in [4.69, 9.17) is 5.41 Å². The van der Waals surface area contributed by atoms with Crippen LogP contribution in [-0.4, -0.2) is 23.8 Å². The predicted octanol–water partition coefficient (Wildman–Crippen LogP) is 3.28. The third-order valence-corrected chi connectivity index (χ3v) is 3.17. The standard InChI is InChI=1S/C14H22N2/c1-5-16(6-2)13(15)14(3,4)12-10-8-7-9-11-12/h7-11,15H,5-6H2,1-4H3. The van der Waals surface area contributed by atoms with Crippen molar-refractivity contribution in [1.82, 2.24) is 4.90 Å². The molecule has 2 heteroatoms. The highest BCUT2D eigenvalue weighted by Crippen LogP contribution is 2.25. The van der Waals surface area contributed by atoms with E-state index in [1.807, 2.05) is 18.2 Å². The van der Waals surface area contributed by atoms with Crippen LogP contribution in [0.4, 0.5) is 0 Å². The number of amidine groups is 1. The molecule has 0 bridgehead atoms. The Bertz CT molecular complexity index is 337. The quantitative estimate of drug-likeness (QED) is 0.609. The van der Waals surface area contributed by atoms with Crippen LogP contribution < -0.4 is 0 Å². The van der Waals surface area contributed by atoms with Gasteiger partial charge in [0.05, 0.1) is 0 Å². The van der Waals surface area contributed by atoms with Gasteiger partial charge in [0.15, 0.2) is 0 Å². The molecule has 0 aromatic heterocycles. The summed E-state index contributed by atoms with van der Waals surface area (Å²) in [6.45, 7) is 10.2. The summed E-state index contributed by atoms with van der Waals surface area (Å²) in [5.74, 6) is 0.698. The second kappa shape index (κ2) is 5.15. The summed E-state index contributed by atoms with van der Waals surface area (Å²) in [7, 11) is 0. The molecule has 0 unspecified atom stereocenters. The first kappa shape index (κ1) is 12.8. The molecule has 0 atom stereocenters. The molecular formula is C14H22N2. The zero-order chi connectivity index (χ0) is 12.2. The highest BCUT2D eigenvalue weighted by molar-refractivity contribution is 5.89. The lowest BCUT2D eigenvalue weighted by Crippen LogP contribution is -2.42. The Labute approximate surface area is 98.8 Å². The zero-order valence-corrected chi connectivity index (χ0v) is 10.7. The van der Waals surface area contributed by atoms with Gasteiger partial charge < -0.3 is 4.90 Å². The number of nitrogens with one attached hydrogen (secondary N) is 1. The van der Waals surface area contributed by atoms with Gasteiger partial charge in [0, 0.05) is 18.5 Å². The van der Waals surface area contributed by atoms with E-state index in [1.165, 1.54) is 5.56 Å². The minimum absolute atomic E-state index is 0.215. The average molecular weight is 218 g/mol. The van der Waals surface area contributed by atoms with Crippen LogP contribution in [0.2, 0.25) is 0 Å². The fourth-order valence-electron chi connectivity index (χ4n) is 1.93. The summed E-state index contributed by atoms with van der Waals surface area (Å²) in [6, 6.07) is 10.3. The second-order valence-corrected chi connectivity index (χ2v) is 4.51. The molecule has 0 radical (unpaired) electrons. The van der Waals surface area contributed by atoms with E-state index in [9.17, 15) is 0 Å². The van der Waals surface area contributed by atoms with Gasteiger partial charge in [-0.15, -0.1) is 0 Å². The molecule has 2 nitrogen and oxygen atoms in total. The third kappa shape index (κ3) is 2.43. The maximum atomic E-state index is 8.31. The van der Waals surface area contributed by atoms with Crippen LogP contribution in [0.3, 0.4) is 0 Å². The normalized spacial score (nSPS) is 11.2. The summed E-state index contributed by atoms with van der Waals surface area (Å²) in [5.41, 5.74) is 0.986. The second-order valence-electron chi connectivity index (χ2n) is 4.51. The summed E-state index contributed by atoms with van der Waals surface area (Å²) in [6.07, 6.45) is 0. The fraction of sp³-hybridized carbons (Fsp3) is 0.500. The van der Waals surface area contributed by atoms with Crippen molar-refractivity contribution in [3.8, 4) is 0 Å². The lowest BCUT2D eigenvalue weighted by Gasteiger charge is -2.34. The molecule has 0 heterocycles. The molecule has 0 aliphatic rings. The van der Waals surface area contributed by atoms with E-state index in [0.29, 0.717) is 5.84 Å². The van der Waals surface area contributed by atoms with Gasteiger partial charge in [-0.25, -0.2) is 0 Å². The summed E-state index contributed by atoms with van der Waals surface area (Å²) >= 11 is 0. The van der Waals surface area contributed by atoms with Crippen LogP contribution in [0, 0.1) is 5.41 Å². The van der Waals surface area contributed by atoms with E-state index in [1.54, 1.807) is 0 Å². The van der Waals surface area contributed by atoms with Gasteiger partial charge in [0.2, 0.25) is 0 Å². The zero-order valence-electron chi connectivity index (χ0n) is 10.7. The molecular weight excluding hydrogens is 196 g/mol. The van der Waals surface area contributed by atoms with Crippen LogP contribution in [0.1, 0.15) is 33.3 Å². The first-order valence-electron chi connectivity index (χ1n) is 5.93. The lowest BCUT2D eigenvalue weighted by atomic mass is 9.82. The van der Waals surface area contributed by atoms with Crippen molar-refractivity contribution in [2.45, 2.75) is 33.1 Å². The van der Waals surface area contributed by atoms with E-state index >= 15 is 0 Å². The number of likely N-dealkylation sites (N-methyl/N-ethyl adjacent to an activating group) is 1. The Morgan fingerprint density at radius 2 is 1.62 bits per heavy atom. The van der Waals surface area contributed by atoms with Crippen molar-refractivity contribution in [2.24, 2.45) is 0 Å². The number of hydrogen-bond acceptors (Lipinski definition) is 1. The van der Waals surface area contributed by atoms with Crippen molar-refractivity contribution in [3.63, 3.8) is 0 Å².